The zero-order valence-corrected chi connectivity index (χ0v) is 20.2. The summed E-state index contributed by atoms with van der Waals surface area (Å²) in [7, 11) is 1.21. The Morgan fingerprint density at radius 1 is 1.00 bits per heavy atom. The highest BCUT2D eigenvalue weighted by molar-refractivity contribution is 6.06. The average Bonchev–Trinajstić information content (AvgIpc) is 2.76. The number of nitrogens with zero attached hydrogens (tertiary/aromatic N) is 1. The van der Waals surface area contributed by atoms with Crippen molar-refractivity contribution < 1.29 is 39.0 Å². The first-order valence-corrected chi connectivity index (χ1v) is 10.8. The molecular weight excluding hydrogens is 446 g/mol. The van der Waals surface area contributed by atoms with Crippen molar-refractivity contribution in [2.24, 2.45) is 17.3 Å². The number of esters is 1. The molecule has 0 radical (unpaired) electrons. The molecule has 0 saturated carbocycles. The van der Waals surface area contributed by atoms with Crippen LogP contribution >= 0.6 is 0 Å². The van der Waals surface area contributed by atoms with Crippen LogP contribution in [0.3, 0.4) is 0 Å². The van der Waals surface area contributed by atoms with Gasteiger partial charge in [0, 0.05) is 5.56 Å². The number of aliphatic carboxylic acids is 1. The maximum atomic E-state index is 13.1. The van der Waals surface area contributed by atoms with Crippen LogP contribution in [0.25, 0.3) is 0 Å². The Morgan fingerprint density at radius 2 is 1.53 bits per heavy atom. The molecule has 0 heterocycles. The van der Waals surface area contributed by atoms with Gasteiger partial charge in [0.1, 0.15) is 11.5 Å². The number of carbonyl (C=O) groups excluding carboxylic acids is 4. The molecule has 0 aliphatic rings. The number of amides is 3. The molecule has 0 bridgehead atoms. The smallest absolute Gasteiger partial charge is 0.337 e. The lowest BCUT2D eigenvalue weighted by Crippen LogP contribution is -2.57. The Labute approximate surface area is 198 Å². The fraction of sp³-hybridized carbons (Fsp3) is 0.522. The van der Waals surface area contributed by atoms with Crippen LogP contribution in [0, 0.1) is 17.3 Å². The number of nitrogens with one attached hydrogen (secondary N) is 2. The molecule has 2 atom stereocenters. The molecule has 1 aromatic rings. The summed E-state index contributed by atoms with van der Waals surface area (Å²) < 4.78 is 4.58. The molecule has 0 fully saturated rings. The number of hydrazine groups is 1. The largest absolute Gasteiger partial charge is 0.480 e. The zero-order valence-electron chi connectivity index (χ0n) is 20.2. The highest BCUT2D eigenvalue weighted by Gasteiger charge is 2.46. The van der Waals surface area contributed by atoms with Crippen molar-refractivity contribution in [2.75, 3.05) is 7.11 Å². The number of carboxylic acid groups (broad SMARTS) is 1. The van der Waals surface area contributed by atoms with Crippen LogP contribution in [0.5, 0.6) is 0 Å². The van der Waals surface area contributed by atoms with E-state index in [-0.39, 0.29) is 41.0 Å². The third kappa shape index (κ3) is 7.55. The lowest BCUT2D eigenvalue weighted by Gasteiger charge is -2.32. The van der Waals surface area contributed by atoms with Crippen molar-refractivity contribution in [1.82, 2.24) is 15.9 Å². The van der Waals surface area contributed by atoms with Gasteiger partial charge in [0.2, 0.25) is 5.91 Å². The SMILES string of the molecule is COC(=O)c1ccc(C(=O)NN(O)C(=O)C(C)(CC(C)C)C(=O)N[C@@H](CC(C)C)C(=O)O)cc1. The molecule has 0 aliphatic heterocycles. The number of hydroxylamine groups is 1. The molecule has 11 nitrogen and oxygen atoms in total. The van der Waals surface area contributed by atoms with E-state index >= 15 is 0 Å². The van der Waals surface area contributed by atoms with E-state index in [4.69, 9.17) is 0 Å². The van der Waals surface area contributed by atoms with Crippen LogP contribution in [0.1, 0.15) is 68.2 Å². The lowest BCUT2D eigenvalue weighted by atomic mass is 9.79. The van der Waals surface area contributed by atoms with Crippen molar-refractivity contribution in [3.8, 4) is 0 Å². The van der Waals surface area contributed by atoms with Crippen molar-refractivity contribution >= 4 is 29.7 Å². The molecule has 0 aromatic heterocycles. The molecule has 0 saturated heterocycles. The normalized spacial score (nSPS) is 13.6. The molecule has 4 N–H and O–H groups in total. The number of benzene rings is 1. The number of methoxy groups -OCH3 is 1. The quantitative estimate of drug-likeness (QED) is 0.171. The van der Waals surface area contributed by atoms with Gasteiger partial charge in [-0.25, -0.2) is 15.0 Å². The van der Waals surface area contributed by atoms with Crippen LogP contribution in [-0.4, -0.2) is 58.3 Å². The number of carbonyl (C=O) groups is 5. The third-order valence-corrected chi connectivity index (χ3v) is 5.07. The molecule has 0 aliphatic carbocycles. The maximum absolute atomic E-state index is 13.1. The average molecular weight is 480 g/mol. The standard InChI is InChI=1S/C23H33N3O8/c1-13(2)11-17(19(28)29)24-21(31)23(5,12-14(3)4)22(32)26(33)25-18(27)15-7-9-16(10-8-15)20(30)34-6/h7-10,13-14,17,33H,11-12H2,1-6H3,(H,24,31)(H,25,27)(H,28,29)/t17-,23?/m0/s1. The number of carboxylic acids is 1. The van der Waals surface area contributed by atoms with E-state index < -0.39 is 41.1 Å². The Bertz CT molecular complexity index is 913. The minimum atomic E-state index is -1.87. The second kappa shape index (κ2) is 12.1. The van der Waals surface area contributed by atoms with Crippen molar-refractivity contribution in [2.45, 2.75) is 53.5 Å². The molecule has 0 spiro atoms. The highest BCUT2D eigenvalue weighted by atomic mass is 16.6. The van der Waals surface area contributed by atoms with Crippen LogP contribution in [0.2, 0.25) is 0 Å². The Hall–Kier alpha value is -3.47. The van der Waals surface area contributed by atoms with Gasteiger partial charge in [0.25, 0.3) is 11.8 Å². The zero-order chi connectivity index (χ0) is 26.2. The number of hydrogen-bond acceptors (Lipinski definition) is 7. The van der Waals surface area contributed by atoms with Crippen molar-refractivity contribution in [1.29, 1.82) is 0 Å². The first kappa shape index (κ1) is 28.6. The summed E-state index contributed by atoms with van der Waals surface area (Å²) in [5.74, 6) is -4.94. The Balaban J connectivity index is 3.07. The predicted octanol–water partition coefficient (Wildman–Crippen LogP) is 2.00. The van der Waals surface area contributed by atoms with Gasteiger partial charge >= 0.3 is 11.9 Å². The fourth-order valence-corrected chi connectivity index (χ4v) is 3.42. The predicted molar refractivity (Wildman–Crippen MR) is 120 cm³/mol. The van der Waals surface area contributed by atoms with Gasteiger partial charge < -0.3 is 15.2 Å². The Morgan fingerprint density at radius 3 is 1.97 bits per heavy atom. The van der Waals surface area contributed by atoms with Crippen LogP contribution in [-0.2, 0) is 19.1 Å². The minimum Gasteiger partial charge on any atom is -0.480 e. The minimum absolute atomic E-state index is 0.0214. The van der Waals surface area contributed by atoms with Crippen LogP contribution < -0.4 is 10.7 Å². The summed E-state index contributed by atoms with van der Waals surface area (Å²) in [6.45, 7) is 8.38. The summed E-state index contributed by atoms with van der Waals surface area (Å²) in [5, 5.41) is 22.0. The summed E-state index contributed by atoms with van der Waals surface area (Å²) >= 11 is 0. The summed E-state index contributed by atoms with van der Waals surface area (Å²) in [4.78, 5) is 61.6. The van der Waals surface area contributed by atoms with Gasteiger partial charge in [-0.2, -0.15) is 0 Å². The van der Waals surface area contributed by atoms with Gasteiger partial charge in [0.15, 0.2) is 0 Å². The van der Waals surface area contributed by atoms with Gasteiger partial charge in [-0.05, 0) is 55.9 Å². The topological polar surface area (TPSA) is 162 Å². The summed E-state index contributed by atoms with van der Waals surface area (Å²) in [6.07, 6.45) is 0.126. The molecule has 3 amide bonds. The number of hydrogen-bond donors (Lipinski definition) is 4. The molecule has 34 heavy (non-hydrogen) atoms. The number of ether oxygens (including phenoxy) is 1. The molecule has 11 heteroatoms. The third-order valence-electron chi connectivity index (χ3n) is 5.07. The number of rotatable bonds is 10. The van der Waals surface area contributed by atoms with Crippen molar-refractivity contribution in [3.05, 3.63) is 35.4 Å². The van der Waals surface area contributed by atoms with E-state index in [9.17, 15) is 34.3 Å². The van der Waals surface area contributed by atoms with Gasteiger partial charge in [0.05, 0.1) is 12.7 Å². The van der Waals surface area contributed by atoms with Crippen molar-refractivity contribution in [3.63, 3.8) is 0 Å². The fourth-order valence-electron chi connectivity index (χ4n) is 3.42. The van der Waals surface area contributed by atoms with Crippen LogP contribution in [0.15, 0.2) is 24.3 Å². The first-order valence-electron chi connectivity index (χ1n) is 10.8. The summed E-state index contributed by atoms with van der Waals surface area (Å²) in [5.41, 5.74) is 0.349. The van der Waals surface area contributed by atoms with E-state index in [1.165, 1.54) is 38.3 Å². The van der Waals surface area contributed by atoms with Gasteiger partial charge in [-0.3, -0.25) is 19.6 Å². The molecule has 1 rings (SSSR count). The highest BCUT2D eigenvalue weighted by Crippen LogP contribution is 2.29. The van der Waals surface area contributed by atoms with Gasteiger partial charge in [-0.15, -0.1) is 5.17 Å². The second-order valence-electron chi connectivity index (χ2n) is 9.05. The van der Waals surface area contributed by atoms with E-state index in [0.717, 1.165) is 0 Å². The van der Waals surface area contributed by atoms with E-state index in [1.807, 2.05) is 5.43 Å². The van der Waals surface area contributed by atoms with E-state index in [2.05, 4.69) is 10.1 Å². The van der Waals surface area contributed by atoms with Gasteiger partial charge in [-0.1, -0.05) is 27.7 Å². The second-order valence-corrected chi connectivity index (χ2v) is 9.05. The Kier molecular flexibility index (Phi) is 10.2. The maximum Gasteiger partial charge on any atom is 0.337 e. The molecule has 1 unspecified atom stereocenters. The molecule has 1 aromatic carbocycles. The van der Waals surface area contributed by atoms with E-state index in [1.54, 1.807) is 27.7 Å². The monoisotopic (exact) mass is 479 g/mol. The molecular formula is C23H33N3O8. The summed E-state index contributed by atoms with van der Waals surface area (Å²) in [6, 6.07) is 4.04. The molecule has 188 valence electrons. The first-order chi connectivity index (χ1) is 15.7. The lowest BCUT2D eigenvalue weighted by molar-refractivity contribution is -0.189. The van der Waals surface area contributed by atoms with Crippen LogP contribution in [0.4, 0.5) is 0 Å². The van der Waals surface area contributed by atoms with E-state index in [0.29, 0.717) is 0 Å².